The number of fused-ring (bicyclic) bond motifs is 6. The molecule has 0 bridgehead atoms. The highest BCUT2D eigenvalue weighted by Crippen LogP contribution is 2.31. The van der Waals surface area contributed by atoms with Gasteiger partial charge in [-0.15, -0.1) is 0 Å². The van der Waals surface area contributed by atoms with E-state index in [1.165, 1.54) is 44.3 Å². The quantitative estimate of drug-likeness (QED) is 0.320. The van der Waals surface area contributed by atoms with E-state index in [1.54, 1.807) is 0 Å². The third kappa shape index (κ3) is 1.84. The van der Waals surface area contributed by atoms with Crippen molar-refractivity contribution in [1.29, 1.82) is 0 Å². The maximum atomic E-state index is 2.34. The van der Waals surface area contributed by atoms with Crippen molar-refractivity contribution in [1.82, 2.24) is 9.13 Å². The van der Waals surface area contributed by atoms with Crippen LogP contribution in [0.25, 0.3) is 38.7 Å². The molecule has 0 N–H and O–H groups in total. The summed E-state index contributed by atoms with van der Waals surface area (Å²) in [5.41, 5.74) is 6.22. The first-order valence-electron chi connectivity index (χ1n) is 8.59. The van der Waals surface area contributed by atoms with Gasteiger partial charge in [-0.3, -0.25) is 0 Å². The van der Waals surface area contributed by atoms with Gasteiger partial charge < -0.3 is 4.57 Å². The van der Waals surface area contributed by atoms with Gasteiger partial charge in [-0.1, -0.05) is 36.4 Å². The number of benzene rings is 2. The standard InChI is InChI=1S/C22H20N3/c1-15-8-6-10-17-16-9-4-5-11-18(16)25-14-20(19-12-7-13-23(19)2)24(3)22(25)21(15)17/h4-14H,1-3H3/q+1. The van der Waals surface area contributed by atoms with E-state index in [0.717, 1.165) is 0 Å². The molecule has 25 heavy (non-hydrogen) atoms. The smallest absolute Gasteiger partial charge is 0.295 e. The van der Waals surface area contributed by atoms with Crippen LogP contribution in [-0.4, -0.2) is 9.13 Å². The average Bonchev–Trinajstić information content (AvgIpc) is 3.19. The molecule has 122 valence electrons. The van der Waals surface area contributed by atoms with Crippen molar-refractivity contribution in [3.05, 3.63) is 72.6 Å². The number of para-hydroxylation sites is 1. The Morgan fingerprint density at radius 3 is 2.40 bits per heavy atom. The zero-order valence-corrected chi connectivity index (χ0v) is 14.7. The van der Waals surface area contributed by atoms with E-state index in [-0.39, 0.29) is 0 Å². The van der Waals surface area contributed by atoms with Crippen molar-refractivity contribution in [3.8, 4) is 11.4 Å². The lowest BCUT2D eigenvalue weighted by atomic mass is 10.0. The number of aryl methyl sites for hydroxylation is 3. The summed E-state index contributed by atoms with van der Waals surface area (Å²) in [4.78, 5) is 0. The summed E-state index contributed by atoms with van der Waals surface area (Å²) in [6.45, 7) is 2.20. The fourth-order valence-electron chi connectivity index (χ4n) is 4.08. The first kappa shape index (κ1) is 14.3. The molecule has 3 aromatic heterocycles. The topological polar surface area (TPSA) is 14.0 Å². The zero-order chi connectivity index (χ0) is 17.1. The van der Waals surface area contributed by atoms with E-state index >= 15 is 0 Å². The molecule has 0 saturated carbocycles. The number of pyridine rings is 1. The van der Waals surface area contributed by atoms with Crippen LogP contribution in [0.2, 0.25) is 0 Å². The van der Waals surface area contributed by atoms with Crippen molar-refractivity contribution in [2.45, 2.75) is 6.92 Å². The summed E-state index contributed by atoms with van der Waals surface area (Å²) in [5.74, 6) is 0. The van der Waals surface area contributed by atoms with Crippen LogP contribution in [0.15, 0.2) is 67.0 Å². The summed E-state index contributed by atoms with van der Waals surface area (Å²) in [6.07, 6.45) is 4.36. The summed E-state index contributed by atoms with van der Waals surface area (Å²) >= 11 is 0. The van der Waals surface area contributed by atoms with E-state index in [0.29, 0.717) is 0 Å². The summed E-state index contributed by atoms with van der Waals surface area (Å²) < 4.78 is 6.83. The molecule has 0 aliphatic rings. The molecular weight excluding hydrogens is 306 g/mol. The third-order valence-corrected chi connectivity index (χ3v) is 5.31. The van der Waals surface area contributed by atoms with Gasteiger partial charge in [0.25, 0.3) is 5.65 Å². The van der Waals surface area contributed by atoms with E-state index < -0.39 is 0 Å². The van der Waals surface area contributed by atoms with Crippen LogP contribution in [0, 0.1) is 6.92 Å². The first-order valence-corrected chi connectivity index (χ1v) is 8.59. The molecule has 0 aliphatic carbocycles. The Morgan fingerprint density at radius 1 is 0.800 bits per heavy atom. The van der Waals surface area contributed by atoms with Crippen molar-refractivity contribution < 1.29 is 4.40 Å². The van der Waals surface area contributed by atoms with Crippen LogP contribution in [-0.2, 0) is 14.1 Å². The minimum absolute atomic E-state index is 1.22. The van der Waals surface area contributed by atoms with Gasteiger partial charge in [0.1, 0.15) is 11.7 Å². The number of aromatic nitrogens is 3. The summed E-state index contributed by atoms with van der Waals surface area (Å²) in [7, 11) is 4.26. The van der Waals surface area contributed by atoms with Gasteiger partial charge in [0, 0.05) is 24.0 Å². The van der Waals surface area contributed by atoms with E-state index in [2.05, 4.69) is 102 Å². The monoisotopic (exact) mass is 326 g/mol. The second-order valence-corrected chi connectivity index (χ2v) is 6.79. The van der Waals surface area contributed by atoms with E-state index in [4.69, 9.17) is 0 Å². The molecule has 0 atom stereocenters. The number of nitrogens with zero attached hydrogens (tertiary/aromatic N) is 3. The molecule has 0 amide bonds. The van der Waals surface area contributed by atoms with Crippen molar-refractivity contribution >= 4 is 27.3 Å². The minimum atomic E-state index is 1.22. The lowest BCUT2D eigenvalue weighted by Crippen LogP contribution is -2.21. The maximum absolute atomic E-state index is 2.34. The molecule has 0 radical (unpaired) electrons. The number of hydrogen-bond donors (Lipinski definition) is 0. The molecule has 0 aliphatic heterocycles. The second-order valence-electron chi connectivity index (χ2n) is 6.79. The Hall–Kier alpha value is -3.07. The predicted octanol–water partition coefficient (Wildman–Crippen LogP) is 4.38. The highest BCUT2D eigenvalue weighted by atomic mass is 15.1. The van der Waals surface area contributed by atoms with E-state index in [1.807, 2.05) is 0 Å². The third-order valence-electron chi connectivity index (χ3n) is 5.31. The fraction of sp³-hybridized carbons (Fsp3) is 0.136. The Morgan fingerprint density at radius 2 is 1.60 bits per heavy atom. The number of imidazole rings is 1. The van der Waals surface area contributed by atoms with Crippen LogP contribution in [0.1, 0.15) is 5.56 Å². The van der Waals surface area contributed by atoms with Gasteiger partial charge in [-0.05, 0) is 30.7 Å². The van der Waals surface area contributed by atoms with Crippen LogP contribution >= 0.6 is 0 Å². The minimum Gasteiger partial charge on any atom is -0.348 e. The lowest BCUT2D eigenvalue weighted by Gasteiger charge is -2.06. The number of rotatable bonds is 1. The van der Waals surface area contributed by atoms with E-state index in [9.17, 15) is 0 Å². The summed E-state index contributed by atoms with van der Waals surface area (Å²) in [5, 5.41) is 3.93. The molecule has 2 aromatic carbocycles. The van der Waals surface area contributed by atoms with Crippen LogP contribution in [0.3, 0.4) is 0 Å². The van der Waals surface area contributed by atoms with Crippen molar-refractivity contribution in [2.24, 2.45) is 14.1 Å². The van der Waals surface area contributed by atoms with Gasteiger partial charge in [0.2, 0.25) is 0 Å². The van der Waals surface area contributed by atoms with Gasteiger partial charge >= 0.3 is 0 Å². The number of hydrogen-bond acceptors (Lipinski definition) is 0. The predicted molar refractivity (Wildman–Crippen MR) is 103 cm³/mol. The molecule has 5 aromatic rings. The second kappa shape index (κ2) is 4.96. The molecule has 3 nitrogen and oxygen atoms in total. The SMILES string of the molecule is Cc1cccc2c3ccccc3[n+]3cc(-c4cccn4C)n(C)c3c12. The fourth-order valence-corrected chi connectivity index (χ4v) is 4.08. The molecule has 0 fully saturated rings. The molecule has 5 rings (SSSR count). The average molecular weight is 326 g/mol. The van der Waals surface area contributed by atoms with Crippen LogP contribution < -0.4 is 4.40 Å². The lowest BCUT2D eigenvalue weighted by molar-refractivity contribution is -0.478. The molecule has 0 unspecified atom stereocenters. The maximum Gasteiger partial charge on any atom is 0.295 e. The molecule has 3 heterocycles. The zero-order valence-electron chi connectivity index (χ0n) is 14.7. The first-order chi connectivity index (χ1) is 12.2. The normalized spacial score (nSPS) is 11.8. The van der Waals surface area contributed by atoms with Crippen LogP contribution in [0.4, 0.5) is 0 Å². The molecule has 0 saturated heterocycles. The molecule has 3 heteroatoms. The van der Waals surface area contributed by atoms with Gasteiger partial charge in [-0.2, -0.15) is 4.40 Å². The van der Waals surface area contributed by atoms with Gasteiger partial charge in [0.05, 0.1) is 18.1 Å². The Bertz CT molecular complexity index is 1270. The highest BCUT2D eigenvalue weighted by Gasteiger charge is 2.24. The van der Waals surface area contributed by atoms with Gasteiger partial charge in [0.15, 0.2) is 5.69 Å². The largest absolute Gasteiger partial charge is 0.348 e. The molecular formula is C22H20N3+. The Labute approximate surface area is 146 Å². The van der Waals surface area contributed by atoms with Gasteiger partial charge in [-0.25, -0.2) is 4.57 Å². The van der Waals surface area contributed by atoms with Crippen LogP contribution in [0.5, 0.6) is 0 Å². The Balaban J connectivity index is 2.09. The molecule has 0 spiro atoms. The Kier molecular flexibility index (Phi) is 2.84. The highest BCUT2D eigenvalue weighted by molar-refractivity contribution is 6.10. The van der Waals surface area contributed by atoms with Crippen molar-refractivity contribution in [3.63, 3.8) is 0 Å². The van der Waals surface area contributed by atoms with Crippen molar-refractivity contribution in [2.75, 3.05) is 0 Å². The summed E-state index contributed by atoms with van der Waals surface area (Å²) in [6, 6.07) is 19.5.